The molecule has 132 valence electrons. The van der Waals surface area contributed by atoms with Crippen molar-refractivity contribution in [1.82, 2.24) is 4.57 Å². The van der Waals surface area contributed by atoms with Crippen LogP contribution in [-0.2, 0) is 12.0 Å². The second kappa shape index (κ2) is 6.34. The smallest absolute Gasteiger partial charge is 0.335 e. The molecule has 26 heavy (non-hydrogen) atoms. The molecule has 3 rings (SSSR count). The van der Waals surface area contributed by atoms with E-state index in [2.05, 4.69) is 29.7 Å². The highest BCUT2D eigenvalue weighted by Crippen LogP contribution is 2.28. The number of aromatic carboxylic acids is 1. The molecule has 4 heteroatoms. The first-order valence-corrected chi connectivity index (χ1v) is 8.58. The number of fused-ring (bicyclic) bond motifs is 1. The van der Waals surface area contributed by atoms with Crippen LogP contribution in [0.4, 0.5) is 0 Å². The molecule has 0 spiro atoms. The molecule has 4 nitrogen and oxygen atoms in total. The lowest BCUT2D eigenvalue weighted by Crippen LogP contribution is -2.14. The molecule has 1 heterocycles. The molecule has 0 aliphatic heterocycles. The lowest BCUT2D eigenvalue weighted by Gasteiger charge is -2.17. The van der Waals surface area contributed by atoms with E-state index in [1.165, 1.54) is 0 Å². The second-order valence-electron chi connectivity index (χ2n) is 7.27. The predicted octanol–water partition coefficient (Wildman–Crippen LogP) is 4.81. The van der Waals surface area contributed by atoms with Gasteiger partial charge in [-0.15, -0.1) is 0 Å². The van der Waals surface area contributed by atoms with Gasteiger partial charge in [-0.3, -0.25) is 0 Å². The summed E-state index contributed by atoms with van der Waals surface area (Å²) in [5.41, 5.74) is 5.12. The van der Waals surface area contributed by atoms with Crippen molar-refractivity contribution >= 4 is 16.9 Å². The molecule has 2 aromatic carbocycles. The fraction of sp³-hybridized carbons (Fsp3) is 0.273. The Kier molecular flexibility index (Phi) is 4.33. The molecule has 0 amide bonds. The van der Waals surface area contributed by atoms with Crippen molar-refractivity contribution in [3.05, 3.63) is 70.4 Å². The first kappa shape index (κ1) is 17.8. The lowest BCUT2D eigenvalue weighted by molar-refractivity contribution is 0.0697. The number of aromatic nitrogens is 1. The minimum absolute atomic E-state index is 0.301. The molecule has 3 aromatic rings. The molecule has 0 aliphatic rings. The van der Waals surface area contributed by atoms with Crippen molar-refractivity contribution in [3.63, 3.8) is 0 Å². The lowest BCUT2D eigenvalue weighted by atomic mass is 9.85. The fourth-order valence-corrected chi connectivity index (χ4v) is 3.29. The highest BCUT2D eigenvalue weighted by atomic mass is 16.4. The Morgan fingerprint density at radius 1 is 1.19 bits per heavy atom. The Morgan fingerprint density at radius 3 is 2.58 bits per heavy atom. The number of carboxylic acid groups (broad SMARTS) is 1. The zero-order valence-electron chi connectivity index (χ0n) is 15.5. The Hall–Kier alpha value is -3.06. The van der Waals surface area contributed by atoms with Gasteiger partial charge in [0.15, 0.2) is 0 Å². The van der Waals surface area contributed by atoms with Gasteiger partial charge in [0.25, 0.3) is 0 Å². The maximum absolute atomic E-state index is 11.3. The zero-order chi connectivity index (χ0) is 19.1. The molecular weight excluding hydrogens is 324 g/mol. The summed E-state index contributed by atoms with van der Waals surface area (Å²) in [5, 5.41) is 19.6. The summed E-state index contributed by atoms with van der Waals surface area (Å²) in [4.78, 5) is 11.3. The summed E-state index contributed by atoms with van der Waals surface area (Å²) in [7, 11) is 0. The molecule has 1 aromatic heterocycles. The number of hydrogen-bond donors (Lipinski definition) is 1. The number of carbonyl (C=O) groups is 1. The number of carboxylic acids is 1. The average molecular weight is 346 g/mol. The van der Waals surface area contributed by atoms with E-state index >= 15 is 0 Å². The third kappa shape index (κ3) is 2.97. The Bertz CT molecular complexity index is 1050. The molecular formula is C22H22N2O2. The molecule has 0 atom stereocenters. The van der Waals surface area contributed by atoms with Crippen molar-refractivity contribution in [2.45, 2.75) is 39.7 Å². The molecule has 0 saturated heterocycles. The quantitative estimate of drug-likeness (QED) is 0.737. The summed E-state index contributed by atoms with van der Waals surface area (Å²) in [5.74, 6) is -0.914. The molecule has 0 aliphatic carbocycles. The van der Waals surface area contributed by atoms with Crippen LogP contribution in [0.15, 0.2) is 42.5 Å². The first-order valence-electron chi connectivity index (χ1n) is 8.58. The van der Waals surface area contributed by atoms with Crippen LogP contribution in [0.5, 0.6) is 0 Å². The van der Waals surface area contributed by atoms with E-state index in [0.717, 1.165) is 33.3 Å². The minimum Gasteiger partial charge on any atom is -0.478 e. The maximum atomic E-state index is 11.3. The van der Waals surface area contributed by atoms with Gasteiger partial charge in [0, 0.05) is 23.1 Å². The number of aryl methyl sites for hydroxylation is 1. The van der Waals surface area contributed by atoms with Crippen LogP contribution in [-0.4, -0.2) is 15.6 Å². The van der Waals surface area contributed by atoms with E-state index < -0.39 is 11.4 Å². The molecule has 0 radical (unpaired) electrons. The van der Waals surface area contributed by atoms with Gasteiger partial charge in [-0.05, 0) is 62.6 Å². The van der Waals surface area contributed by atoms with Gasteiger partial charge in [0.1, 0.15) is 0 Å². The summed E-state index contributed by atoms with van der Waals surface area (Å²) in [6.45, 7) is 8.59. The third-order valence-corrected chi connectivity index (χ3v) is 5.15. The van der Waals surface area contributed by atoms with E-state index in [0.29, 0.717) is 12.1 Å². The molecule has 0 unspecified atom stereocenters. The van der Waals surface area contributed by atoms with Crippen LogP contribution in [0.25, 0.3) is 10.9 Å². The van der Waals surface area contributed by atoms with Crippen molar-refractivity contribution in [2.24, 2.45) is 0 Å². The Balaban J connectivity index is 2.08. The number of benzene rings is 2. The van der Waals surface area contributed by atoms with Crippen molar-refractivity contribution < 1.29 is 9.90 Å². The highest BCUT2D eigenvalue weighted by molar-refractivity contribution is 5.95. The fourth-order valence-electron chi connectivity index (χ4n) is 3.29. The van der Waals surface area contributed by atoms with E-state index in [9.17, 15) is 15.2 Å². The van der Waals surface area contributed by atoms with Gasteiger partial charge in [0.05, 0.1) is 17.0 Å². The first-order chi connectivity index (χ1) is 12.2. The summed E-state index contributed by atoms with van der Waals surface area (Å²) < 4.78 is 2.20. The summed E-state index contributed by atoms with van der Waals surface area (Å²) in [6, 6.07) is 15.7. The average Bonchev–Trinajstić information content (AvgIpc) is 2.86. The third-order valence-electron chi connectivity index (χ3n) is 5.15. The van der Waals surface area contributed by atoms with E-state index in [1.54, 1.807) is 12.1 Å². The van der Waals surface area contributed by atoms with Crippen LogP contribution < -0.4 is 0 Å². The van der Waals surface area contributed by atoms with Gasteiger partial charge in [0.2, 0.25) is 0 Å². The number of rotatable bonds is 4. The number of nitrogens with zero attached hydrogens (tertiary/aromatic N) is 2. The second-order valence-corrected chi connectivity index (χ2v) is 7.27. The number of nitriles is 1. The van der Waals surface area contributed by atoms with Crippen molar-refractivity contribution in [3.8, 4) is 6.07 Å². The molecule has 0 bridgehead atoms. The zero-order valence-corrected chi connectivity index (χ0v) is 15.5. The molecule has 0 saturated carbocycles. The molecule has 0 fully saturated rings. The van der Waals surface area contributed by atoms with Crippen molar-refractivity contribution in [2.75, 3.05) is 0 Å². The van der Waals surface area contributed by atoms with Crippen LogP contribution in [0.3, 0.4) is 0 Å². The van der Waals surface area contributed by atoms with Crippen LogP contribution in [0.2, 0.25) is 0 Å². The van der Waals surface area contributed by atoms with Gasteiger partial charge in [-0.25, -0.2) is 4.79 Å². The van der Waals surface area contributed by atoms with E-state index in [-0.39, 0.29) is 0 Å². The Labute approximate surface area is 153 Å². The Morgan fingerprint density at radius 2 is 1.92 bits per heavy atom. The normalized spacial score (nSPS) is 11.5. The standard InChI is InChI=1S/C22H22N2O2/c1-14-15(2)24(20-9-8-17(21(25)26)11-19(14)20)12-16-6-5-7-18(10-16)22(3,4)13-23/h5-11H,12H2,1-4H3,(H,25,26). The number of hydrogen-bond acceptors (Lipinski definition) is 2. The van der Waals surface area contributed by atoms with Crippen LogP contribution in [0.1, 0.15) is 46.6 Å². The molecule has 1 N–H and O–H groups in total. The summed E-state index contributed by atoms with van der Waals surface area (Å²) in [6.07, 6.45) is 0. The highest BCUT2D eigenvalue weighted by Gasteiger charge is 2.20. The van der Waals surface area contributed by atoms with E-state index in [4.69, 9.17) is 0 Å². The predicted molar refractivity (Wildman–Crippen MR) is 103 cm³/mol. The minimum atomic E-state index is -0.914. The topological polar surface area (TPSA) is 66.0 Å². The largest absolute Gasteiger partial charge is 0.478 e. The summed E-state index contributed by atoms with van der Waals surface area (Å²) >= 11 is 0. The van der Waals surface area contributed by atoms with E-state index in [1.807, 2.05) is 39.0 Å². The van der Waals surface area contributed by atoms with Gasteiger partial charge in [-0.2, -0.15) is 5.26 Å². The van der Waals surface area contributed by atoms with Gasteiger partial charge in [-0.1, -0.05) is 24.3 Å². The van der Waals surface area contributed by atoms with Crippen molar-refractivity contribution in [1.29, 1.82) is 5.26 Å². The van der Waals surface area contributed by atoms with Crippen LogP contribution in [0, 0.1) is 25.2 Å². The van der Waals surface area contributed by atoms with Gasteiger partial charge < -0.3 is 9.67 Å². The van der Waals surface area contributed by atoms with Crippen LogP contribution >= 0.6 is 0 Å². The SMILES string of the molecule is Cc1c(C)n(Cc2cccc(C(C)(C)C#N)c2)c2ccc(C(=O)O)cc12. The van der Waals surface area contributed by atoms with Gasteiger partial charge >= 0.3 is 5.97 Å². The maximum Gasteiger partial charge on any atom is 0.335 e. The monoisotopic (exact) mass is 346 g/mol.